The number of rotatable bonds is 13. The number of carbonyl (C=O) groups excluding carboxylic acids is 6. The summed E-state index contributed by atoms with van der Waals surface area (Å²) < 4.78 is 460. The van der Waals surface area contributed by atoms with Crippen molar-refractivity contribution in [3.05, 3.63) is 24.2 Å². The maximum Gasteiger partial charge on any atom is 0.289 e. The predicted octanol–water partition coefficient (Wildman–Crippen LogP) is 2.45. The predicted molar refractivity (Wildman–Crippen MR) is 181 cm³/mol. The molecule has 13 nitrogen and oxygen atoms in total. The standard InChI is InChI=1S/C36H53N7O6/c1-5-10-25(29(44)34(48)39-23-15-16-23)40-33(47)28-24-14-9-13-22(24)20-43(28)35(49)30(36(2,3)4)42-32(46)27(21-11-7-6-8-12-21)41-31(45)26-19-37-17-18-38-26/h17-19,21-25,27-28,30H,5-16,20H2,1-4H3,(H,39,48)(H,40,47)(H,41,45)(H,42,46)/t22-,24-,25-,27+,28-,30+/m0/s1/i1D3,2D3,3D3,4D3,5D2,6D2,7D2,8D2,9D2,10D2,11D2,12D2,13D2,14D2,15D2,16D2,17D,18D,19D,20D2,21D,22D,23D,24D,25D,27D,28D,30D/hD4. The summed E-state index contributed by atoms with van der Waals surface area (Å²) in [5, 5.41) is -8.41. The molecule has 0 spiro atoms. The molecule has 3 aliphatic carbocycles. The molecule has 6 atom stereocenters. The minimum atomic E-state index is -6.94. The maximum atomic E-state index is 16.8. The maximum absolute atomic E-state index is 16.8. The summed E-state index contributed by atoms with van der Waals surface area (Å²) in [6, 6.07) is -30.2. The Morgan fingerprint density at radius 2 is 1.84 bits per heavy atom. The Bertz CT molecular complexity index is 3630. The van der Waals surface area contributed by atoms with Crippen LogP contribution in [0.3, 0.4) is 0 Å². The van der Waals surface area contributed by atoms with Crippen LogP contribution in [0.5, 0.6) is 0 Å². The second kappa shape index (κ2) is 15.8. The molecule has 2 heterocycles. The first-order valence-electron chi connectivity index (χ1n) is 38.9. The highest BCUT2D eigenvalue weighted by molar-refractivity contribution is 6.38. The van der Waals surface area contributed by atoms with E-state index in [1.54, 1.807) is 0 Å². The van der Waals surface area contributed by atoms with Gasteiger partial charge in [-0.3, -0.25) is 33.8 Å². The molecule has 5 rings (SSSR count). The second-order valence-electron chi connectivity index (χ2n) is 8.77. The molecule has 4 aliphatic rings. The van der Waals surface area contributed by atoms with Crippen molar-refractivity contribution in [3.8, 4) is 0 Å². The van der Waals surface area contributed by atoms with Crippen molar-refractivity contribution in [2.24, 2.45) is 23.1 Å². The lowest BCUT2D eigenvalue weighted by Crippen LogP contribution is -2.62. The van der Waals surface area contributed by atoms with Gasteiger partial charge in [-0.15, -0.1) is 0 Å². The van der Waals surface area contributed by atoms with Gasteiger partial charge in [0.15, 0.2) is 5.65 Å². The van der Waals surface area contributed by atoms with Gasteiger partial charge in [0, 0.05) is 81.1 Å². The van der Waals surface area contributed by atoms with E-state index in [2.05, 4.69) is 9.97 Å². The van der Waals surface area contributed by atoms with Gasteiger partial charge in [0.05, 0.1) is 23.2 Å². The number of fused-ring (bicyclic) bond motifs is 1. The van der Waals surface area contributed by atoms with Crippen LogP contribution in [-0.2, 0) is 24.0 Å². The highest BCUT2D eigenvalue weighted by Gasteiger charge is 2.52. The van der Waals surface area contributed by atoms with E-state index in [-0.39, 0.29) is 0 Å². The van der Waals surface area contributed by atoms with Crippen molar-refractivity contribution in [2.45, 2.75) is 134 Å². The molecule has 1 saturated heterocycles. The Morgan fingerprint density at radius 3 is 2.55 bits per heavy atom. The number of Topliss-reactive ketones (excluding diaryl/α,β-unsaturated/α-hetero) is 1. The van der Waals surface area contributed by atoms with Crippen molar-refractivity contribution in [1.82, 2.24) is 36.1 Å². The van der Waals surface area contributed by atoms with Gasteiger partial charge >= 0.3 is 0 Å². The average molecular weight is 733 g/mol. The fourth-order valence-electron chi connectivity index (χ4n) is 3.46. The molecule has 5 amide bonds. The summed E-state index contributed by atoms with van der Waals surface area (Å²) in [7, 11) is 0. The lowest BCUT2D eigenvalue weighted by atomic mass is 9.82. The minimum Gasteiger partial charge on any atom is -0.347 e. The van der Waals surface area contributed by atoms with Crippen LogP contribution in [0.1, 0.15) is 182 Å². The third-order valence-corrected chi connectivity index (χ3v) is 5.53. The lowest BCUT2D eigenvalue weighted by molar-refractivity contribution is -0.146. The molecular weight excluding hydrogens is 626 g/mol. The first-order chi connectivity index (χ1) is 44.0. The molecule has 1 aromatic heterocycles. The Balaban J connectivity index is 2.23. The first-order valence-corrected chi connectivity index (χ1v) is 12.6. The molecule has 1 aliphatic heterocycles. The number of ketones is 1. The lowest BCUT2D eigenvalue weighted by Gasteiger charge is -2.38. The molecule has 3 saturated carbocycles. The van der Waals surface area contributed by atoms with Gasteiger partial charge in [-0.25, -0.2) is 4.98 Å². The van der Waals surface area contributed by atoms with E-state index in [1.165, 1.54) is 0 Å². The number of likely N-dealkylation sites (tertiary alicyclic amines) is 1. The van der Waals surface area contributed by atoms with Crippen molar-refractivity contribution in [3.63, 3.8) is 0 Å². The normalized spacial score (nSPS) is 60.7. The number of hydrogen-bond acceptors (Lipinski definition) is 8. The van der Waals surface area contributed by atoms with Crippen LogP contribution in [0.2, 0.25) is 5.65 Å². The zero-order chi connectivity index (χ0) is 82.1. The van der Waals surface area contributed by atoms with Crippen LogP contribution in [0.4, 0.5) is 0 Å². The zero-order valence-electron chi connectivity index (χ0n) is 76.6. The molecule has 268 valence electrons. The monoisotopic (exact) mass is 733 g/mol. The van der Waals surface area contributed by atoms with Crippen molar-refractivity contribution in [2.75, 3.05) is 6.50 Å². The third kappa shape index (κ3) is 8.83. The number of carbonyl (C=O) groups is 6. The van der Waals surface area contributed by atoms with E-state index < -0.39 is 249 Å². The second-order valence-corrected chi connectivity index (χ2v) is 8.77. The molecule has 0 aromatic carbocycles. The van der Waals surface area contributed by atoms with Crippen molar-refractivity contribution in [1.29, 1.82) is 0 Å². The summed E-state index contributed by atoms with van der Waals surface area (Å²) in [5.74, 6) is -41.2. The molecule has 0 unspecified atom stereocenters. The Labute approximate surface area is 363 Å². The van der Waals surface area contributed by atoms with Crippen molar-refractivity contribution < 1.29 is 102 Å². The topological polar surface area (TPSA) is 180 Å². The van der Waals surface area contributed by atoms with Crippen LogP contribution < -0.4 is 21.2 Å². The fraction of sp³-hybridized carbons (Fsp3) is 0.722. The first kappa shape index (κ1) is 8.41. The van der Waals surface area contributed by atoms with Crippen LogP contribution >= 0.6 is 0 Å². The summed E-state index contributed by atoms with van der Waals surface area (Å²) in [5.41, 5.74) is -8.63. The van der Waals surface area contributed by atoms with Gasteiger partial charge in [-0.05, 0) is 67.7 Å². The van der Waals surface area contributed by atoms with E-state index in [0.29, 0.717) is 0 Å². The SMILES string of the molecule is [2H]c1nc([2H])c(C(=O)N([2H])[C@@]([2H])(C(=O)N([2H])[C@]([2H])(C(=O)N2C([2H])([2H])[C@]3([2H])C([2H])([2H])C([2H])([2H])C([2H])([2H])[C@]3([2H])[C@@]2([2H])C(=O)N([2H])[C@]([2H])(C(=O)C(=O)N([2H])C2([2H])C([2H])([2H])C2([2H])[2H])C([2H])([2H])C([2H])([2H])C([2H])([2H])[2H])C(C([2H])([2H])[2H])(C([2H])([2H])[2H])C([2H])([2H])[2H])C2([2H])C([2H])([2H])C([2H])([2H])C([2H])([2H])C([2H])([2H])C2([2H])[2H])nc1[2H]. The van der Waals surface area contributed by atoms with Gasteiger partial charge in [0.25, 0.3) is 11.8 Å². The summed E-state index contributed by atoms with van der Waals surface area (Å²) in [6.07, 6.45) is -66.9. The van der Waals surface area contributed by atoms with E-state index in [1.807, 2.05) is 0 Å². The van der Waals surface area contributed by atoms with Gasteiger partial charge in [0.1, 0.15) is 23.7 Å². The average Bonchev–Trinajstić information content (AvgIpc) is 1.39. The highest BCUT2D eigenvalue weighted by Crippen LogP contribution is 2.43. The number of nitrogens with zero attached hydrogens (tertiary/aromatic N) is 3. The van der Waals surface area contributed by atoms with Gasteiger partial charge < -0.3 is 26.1 Å². The van der Waals surface area contributed by atoms with E-state index in [0.717, 1.165) is 0 Å². The molecule has 49 heavy (non-hydrogen) atoms. The quantitative estimate of drug-likeness (QED) is 0.223. The van der Waals surface area contributed by atoms with Crippen LogP contribution in [0.25, 0.3) is 0 Å². The molecule has 0 bridgehead atoms. The third-order valence-electron chi connectivity index (χ3n) is 5.53. The molecule has 4 N–H and O–H groups in total. The molecule has 0 radical (unpaired) electrons. The highest BCUT2D eigenvalue weighted by atomic mass is 16.2. The van der Waals surface area contributed by atoms with Crippen LogP contribution in [0, 0.1) is 23.1 Å². The minimum absolute atomic E-state index is 1.45. The molecule has 4 fully saturated rings. The van der Waals surface area contributed by atoms with E-state index >= 15 is 14.4 Å². The van der Waals surface area contributed by atoms with Crippen LogP contribution in [0.15, 0.2) is 18.5 Å². The summed E-state index contributed by atoms with van der Waals surface area (Å²) in [6.45, 7) is -28.6. The number of aromatic nitrogens is 2. The van der Waals surface area contributed by atoms with E-state index in [4.69, 9.17) is 59.1 Å². The number of hydrogen-bond donors (Lipinski definition) is 4. The van der Waals surface area contributed by atoms with Gasteiger partial charge in [-0.1, -0.05) is 59.3 Å². The Morgan fingerprint density at radius 1 is 1.06 bits per heavy atom. The van der Waals surface area contributed by atoms with Gasteiger partial charge in [-0.2, -0.15) is 0 Å². The largest absolute Gasteiger partial charge is 0.347 e. The zero-order valence-corrected chi connectivity index (χ0v) is 23.6. The van der Waals surface area contributed by atoms with Crippen LogP contribution in [-0.4, -0.2) is 86.8 Å². The molecule has 1 aromatic rings. The number of nitrogens with one attached hydrogen (secondary N) is 4. The molecular formula is C36H53N7O6. The smallest absolute Gasteiger partial charge is 0.289 e. The fourth-order valence-corrected chi connectivity index (χ4v) is 3.46. The Kier molecular flexibility index (Phi) is 2.71. The van der Waals surface area contributed by atoms with E-state index in [9.17, 15) is 28.1 Å². The van der Waals surface area contributed by atoms with Crippen molar-refractivity contribution >= 4 is 35.3 Å². The Hall–Kier alpha value is -3.90. The summed E-state index contributed by atoms with van der Waals surface area (Å²) in [4.78, 5) is 96.3. The molecule has 13 heteroatoms. The summed E-state index contributed by atoms with van der Waals surface area (Å²) >= 11 is 0. The number of amides is 5. The van der Waals surface area contributed by atoms with Gasteiger partial charge in [0.2, 0.25) is 23.5 Å².